The maximum absolute atomic E-state index is 12.4. The van der Waals surface area contributed by atoms with Crippen molar-refractivity contribution in [3.8, 4) is 0 Å². The summed E-state index contributed by atoms with van der Waals surface area (Å²) >= 11 is 3.36. The van der Waals surface area contributed by atoms with Crippen molar-refractivity contribution in [1.82, 2.24) is 10.4 Å². The normalized spacial score (nSPS) is 11.0. The first-order valence-corrected chi connectivity index (χ1v) is 9.96. The van der Waals surface area contributed by atoms with Crippen LogP contribution in [-0.2, 0) is 0 Å². The highest BCUT2D eigenvalue weighted by Gasteiger charge is 2.10. The molecule has 0 aliphatic heterocycles. The number of H-pyrrole nitrogens is 1. The van der Waals surface area contributed by atoms with E-state index in [1.54, 1.807) is 48.7 Å². The van der Waals surface area contributed by atoms with Crippen LogP contribution in [0.15, 0.2) is 88.6 Å². The average molecular weight is 461 g/mol. The molecular formula is C23H17BrN4O2. The van der Waals surface area contributed by atoms with E-state index >= 15 is 0 Å². The van der Waals surface area contributed by atoms with Gasteiger partial charge in [-0.25, -0.2) is 5.43 Å². The number of para-hydroxylation sites is 1. The molecule has 0 aliphatic carbocycles. The smallest absolute Gasteiger partial charge is 0.271 e. The van der Waals surface area contributed by atoms with Crippen molar-refractivity contribution in [2.45, 2.75) is 0 Å². The van der Waals surface area contributed by atoms with E-state index in [2.05, 4.69) is 36.8 Å². The number of amides is 2. The van der Waals surface area contributed by atoms with E-state index in [1.807, 2.05) is 36.5 Å². The van der Waals surface area contributed by atoms with E-state index < -0.39 is 0 Å². The van der Waals surface area contributed by atoms with Gasteiger partial charge in [0, 0.05) is 38.4 Å². The Kier molecular flexibility index (Phi) is 5.72. The minimum Gasteiger partial charge on any atom is -0.361 e. The summed E-state index contributed by atoms with van der Waals surface area (Å²) in [6.45, 7) is 0. The number of aromatic amines is 1. The zero-order chi connectivity index (χ0) is 20.9. The number of carbonyl (C=O) groups excluding carboxylic acids is 2. The highest BCUT2D eigenvalue weighted by atomic mass is 79.9. The van der Waals surface area contributed by atoms with Gasteiger partial charge in [0.2, 0.25) is 0 Å². The molecule has 0 aliphatic rings. The van der Waals surface area contributed by atoms with Crippen molar-refractivity contribution in [3.05, 3.63) is 100 Å². The van der Waals surface area contributed by atoms with Crippen LogP contribution < -0.4 is 10.7 Å². The number of anilines is 1. The summed E-state index contributed by atoms with van der Waals surface area (Å²) in [5.74, 6) is -0.572. The zero-order valence-electron chi connectivity index (χ0n) is 15.7. The number of fused-ring (bicyclic) bond motifs is 1. The number of carbonyl (C=O) groups is 2. The van der Waals surface area contributed by atoms with Gasteiger partial charge in [-0.2, -0.15) is 5.10 Å². The van der Waals surface area contributed by atoms with E-state index in [4.69, 9.17) is 0 Å². The molecule has 1 aromatic heterocycles. The van der Waals surface area contributed by atoms with Crippen molar-refractivity contribution in [2.75, 3.05) is 5.32 Å². The summed E-state index contributed by atoms with van der Waals surface area (Å²) in [4.78, 5) is 27.8. The van der Waals surface area contributed by atoms with E-state index in [9.17, 15) is 9.59 Å². The Bertz CT molecular complexity index is 1250. The predicted octanol–water partition coefficient (Wildman–Crippen LogP) is 4.95. The average Bonchev–Trinajstić information content (AvgIpc) is 3.17. The number of benzene rings is 3. The van der Waals surface area contributed by atoms with E-state index in [0.717, 1.165) is 16.5 Å². The molecular weight excluding hydrogens is 444 g/mol. The molecule has 0 saturated heterocycles. The second-order valence-electron chi connectivity index (χ2n) is 6.50. The van der Waals surface area contributed by atoms with Gasteiger partial charge in [0.05, 0.1) is 11.8 Å². The fraction of sp³-hybridized carbons (Fsp3) is 0. The molecule has 0 atom stereocenters. The molecule has 4 rings (SSSR count). The molecule has 7 heteroatoms. The van der Waals surface area contributed by atoms with Crippen LogP contribution in [0.2, 0.25) is 0 Å². The highest BCUT2D eigenvalue weighted by molar-refractivity contribution is 9.10. The largest absolute Gasteiger partial charge is 0.361 e. The van der Waals surface area contributed by atoms with Gasteiger partial charge in [-0.3, -0.25) is 9.59 Å². The molecule has 6 nitrogen and oxygen atoms in total. The molecule has 0 bridgehead atoms. The molecule has 0 saturated carbocycles. The Balaban J connectivity index is 1.38. The molecule has 0 radical (unpaired) electrons. The Morgan fingerprint density at radius 1 is 0.900 bits per heavy atom. The molecule has 4 aromatic rings. The number of halogens is 1. The van der Waals surface area contributed by atoms with Crippen LogP contribution >= 0.6 is 15.9 Å². The Morgan fingerprint density at radius 3 is 2.43 bits per heavy atom. The minimum atomic E-state index is -0.338. The third-order valence-electron chi connectivity index (χ3n) is 4.51. The second-order valence-corrected chi connectivity index (χ2v) is 7.35. The number of hydrogen-bond acceptors (Lipinski definition) is 3. The second kappa shape index (κ2) is 8.75. The summed E-state index contributed by atoms with van der Waals surface area (Å²) in [7, 11) is 0. The lowest BCUT2D eigenvalue weighted by molar-refractivity contribution is 0.0954. The molecule has 0 fully saturated rings. The number of rotatable bonds is 5. The summed E-state index contributed by atoms with van der Waals surface area (Å²) in [6, 6.07) is 21.6. The predicted molar refractivity (Wildman–Crippen MR) is 122 cm³/mol. The van der Waals surface area contributed by atoms with Gasteiger partial charge in [-0.05, 0) is 58.4 Å². The van der Waals surface area contributed by atoms with Crippen LogP contribution in [0, 0.1) is 0 Å². The number of nitrogens with one attached hydrogen (secondary N) is 3. The maximum Gasteiger partial charge on any atom is 0.271 e. The van der Waals surface area contributed by atoms with Gasteiger partial charge in [0.1, 0.15) is 0 Å². The molecule has 3 aromatic carbocycles. The fourth-order valence-electron chi connectivity index (χ4n) is 2.97. The minimum absolute atomic E-state index is 0.233. The Hall–Kier alpha value is -3.71. The van der Waals surface area contributed by atoms with Crippen LogP contribution in [0.5, 0.6) is 0 Å². The van der Waals surface area contributed by atoms with Crippen molar-refractivity contribution in [1.29, 1.82) is 0 Å². The lowest BCUT2D eigenvalue weighted by Crippen LogP contribution is -2.18. The third kappa shape index (κ3) is 4.31. The molecule has 148 valence electrons. The number of hydrogen-bond donors (Lipinski definition) is 3. The van der Waals surface area contributed by atoms with Crippen molar-refractivity contribution < 1.29 is 9.59 Å². The van der Waals surface area contributed by atoms with Crippen LogP contribution in [0.3, 0.4) is 0 Å². The zero-order valence-corrected chi connectivity index (χ0v) is 17.3. The summed E-state index contributed by atoms with van der Waals surface area (Å²) in [5.41, 5.74) is 5.97. The van der Waals surface area contributed by atoms with Gasteiger partial charge in [0.15, 0.2) is 0 Å². The summed E-state index contributed by atoms with van der Waals surface area (Å²) in [5, 5.41) is 7.88. The molecule has 1 heterocycles. The number of hydrazone groups is 1. The first-order chi connectivity index (χ1) is 14.6. The summed E-state index contributed by atoms with van der Waals surface area (Å²) < 4.78 is 0.714. The Morgan fingerprint density at radius 2 is 1.63 bits per heavy atom. The third-order valence-corrected chi connectivity index (χ3v) is 5.21. The first kappa shape index (κ1) is 19.6. The van der Waals surface area contributed by atoms with Crippen LogP contribution in [0.4, 0.5) is 5.69 Å². The molecule has 0 unspecified atom stereocenters. The fourth-order valence-corrected chi connectivity index (χ4v) is 3.44. The molecule has 30 heavy (non-hydrogen) atoms. The van der Waals surface area contributed by atoms with Crippen molar-refractivity contribution in [3.63, 3.8) is 0 Å². The van der Waals surface area contributed by atoms with Gasteiger partial charge in [-0.1, -0.05) is 30.3 Å². The lowest BCUT2D eigenvalue weighted by Gasteiger charge is -2.07. The monoisotopic (exact) mass is 460 g/mol. The standard InChI is InChI=1S/C23H17BrN4O2/c24-20-7-3-1-6-19(20)23(30)27-17-11-9-15(10-12-17)22(29)28-26-14-16-13-25-21-8-4-2-5-18(16)21/h1-14,25H,(H,27,30)(H,28,29). The van der Waals surface area contributed by atoms with E-state index in [-0.39, 0.29) is 11.8 Å². The quantitative estimate of drug-likeness (QED) is 0.290. The van der Waals surface area contributed by atoms with Gasteiger partial charge in [0.25, 0.3) is 11.8 Å². The number of nitrogens with zero attached hydrogens (tertiary/aromatic N) is 1. The summed E-state index contributed by atoms with van der Waals surface area (Å²) in [6.07, 6.45) is 3.44. The van der Waals surface area contributed by atoms with Crippen LogP contribution in [-0.4, -0.2) is 23.0 Å². The Labute approximate surface area is 181 Å². The van der Waals surface area contributed by atoms with Gasteiger partial charge >= 0.3 is 0 Å². The maximum atomic E-state index is 12.4. The van der Waals surface area contributed by atoms with Crippen molar-refractivity contribution >= 4 is 50.5 Å². The van der Waals surface area contributed by atoms with Crippen molar-refractivity contribution in [2.24, 2.45) is 5.10 Å². The van der Waals surface area contributed by atoms with E-state index in [1.165, 1.54) is 0 Å². The molecule has 2 amide bonds. The molecule has 0 spiro atoms. The SMILES string of the molecule is O=C(NN=Cc1c[nH]c2ccccc12)c1ccc(NC(=O)c2ccccc2Br)cc1. The lowest BCUT2D eigenvalue weighted by atomic mass is 10.1. The topological polar surface area (TPSA) is 86.3 Å². The highest BCUT2D eigenvalue weighted by Crippen LogP contribution is 2.18. The number of aromatic nitrogens is 1. The first-order valence-electron chi connectivity index (χ1n) is 9.17. The van der Waals surface area contributed by atoms with Crippen LogP contribution in [0.25, 0.3) is 10.9 Å². The van der Waals surface area contributed by atoms with Gasteiger partial charge in [-0.15, -0.1) is 0 Å². The molecule has 3 N–H and O–H groups in total. The van der Waals surface area contributed by atoms with E-state index in [0.29, 0.717) is 21.3 Å². The van der Waals surface area contributed by atoms with Gasteiger partial charge < -0.3 is 10.3 Å². The van der Waals surface area contributed by atoms with Crippen LogP contribution in [0.1, 0.15) is 26.3 Å².